The van der Waals surface area contributed by atoms with Gasteiger partial charge in [0.25, 0.3) is 0 Å². The van der Waals surface area contributed by atoms with Gasteiger partial charge in [0.05, 0.1) is 0 Å². The van der Waals surface area contributed by atoms with Crippen LogP contribution in [0.25, 0.3) is 0 Å². The molecule has 0 heterocycles. The van der Waals surface area contributed by atoms with Gasteiger partial charge in [-0.25, -0.2) is 0 Å². The van der Waals surface area contributed by atoms with Crippen LogP contribution in [0.3, 0.4) is 0 Å². The van der Waals surface area contributed by atoms with Gasteiger partial charge in [0.15, 0.2) is 0 Å². The minimum atomic E-state index is 0.348. The van der Waals surface area contributed by atoms with Gasteiger partial charge < -0.3 is 0 Å². The van der Waals surface area contributed by atoms with Crippen molar-refractivity contribution in [1.82, 2.24) is 0 Å². The Balaban J connectivity index is 2.69. The van der Waals surface area contributed by atoms with Crippen LogP contribution >= 0.6 is 0 Å². The molecule has 0 fully saturated rings. The summed E-state index contributed by atoms with van der Waals surface area (Å²) >= 11 is 0. The van der Waals surface area contributed by atoms with Crippen LogP contribution in [0.1, 0.15) is 73.6 Å². The van der Waals surface area contributed by atoms with Gasteiger partial charge in [0.2, 0.25) is 0 Å². The van der Waals surface area contributed by atoms with E-state index < -0.39 is 0 Å². The predicted molar refractivity (Wildman–Crippen MR) is 91.9 cm³/mol. The quantitative estimate of drug-likeness (QED) is 0.383. The van der Waals surface area contributed by atoms with E-state index in [-0.39, 0.29) is 0 Å². The number of allylic oxidation sites excluding steroid dienone is 8. The van der Waals surface area contributed by atoms with Gasteiger partial charge in [-0.15, -0.1) is 0 Å². The summed E-state index contributed by atoms with van der Waals surface area (Å²) in [6, 6.07) is 0. The first kappa shape index (κ1) is 17.0. The Kier molecular flexibility index (Phi) is 6.52. The smallest absolute Gasteiger partial charge is 0.0104 e. The topological polar surface area (TPSA) is 0 Å². The Labute approximate surface area is 126 Å². The standard InChI is InChI=1S/C20H32/c1-7-16(2)10-8-11-17(3)13-14-19-18(4)12-9-15-20(19,5)6/h7,11,13-14H,8-10,12,15H2,1-6H3/b14-13+,16-7+,17-11+. The van der Waals surface area contributed by atoms with E-state index in [1.807, 2.05) is 0 Å². The van der Waals surface area contributed by atoms with Gasteiger partial charge >= 0.3 is 0 Å². The van der Waals surface area contributed by atoms with E-state index in [1.165, 1.54) is 36.8 Å². The number of rotatable bonds is 5. The molecule has 0 atom stereocenters. The van der Waals surface area contributed by atoms with Crippen molar-refractivity contribution in [2.75, 3.05) is 0 Å². The second-order valence-corrected chi connectivity index (χ2v) is 6.89. The van der Waals surface area contributed by atoms with Crippen LogP contribution in [-0.2, 0) is 0 Å². The van der Waals surface area contributed by atoms with E-state index in [4.69, 9.17) is 0 Å². The fourth-order valence-corrected chi connectivity index (χ4v) is 2.97. The minimum Gasteiger partial charge on any atom is -0.0887 e. The van der Waals surface area contributed by atoms with Gasteiger partial charge in [-0.2, -0.15) is 0 Å². The average molecular weight is 272 g/mol. The molecule has 0 heteroatoms. The molecule has 0 unspecified atom stereocenters. The molecule has 0 saturated heterocycles. The van der Waals surface area contributed by atoms with Crippen LogP contribution in [0, 0.1) is 5.41 Å². The van der Waals surface area contributed by atoms with Crippen molar-refractivity contribution in [3.05, 3.63) is 46.6 Å². The zero-order chi connectivity index (χ0) is 15.2. The summed E-state index contributed by atoms with van der Waals surface area (Å²) in [4.78, 5) is 0. The molecule has 0 bridgehead atoms. The molecule has 0 N–H and O–H groups in total. The lowest BCUT2D eigenvalue weighted by Crippen LogP contribution is -2.19. The van der Waals surface area contributed by atoms with E-state index in [0.717, 1.165) is 6.42 Å². The van der Waals surface area contributed by atoms with Crippen LogP contribution in [-0.4, -0.2) is 0 Å². The fourth-order valence-electron chi connectivity index (χ4n) is 2.97. The van der Waals surface area contributed by atoms with Crippen molar-refractivity contribution in [3.63, 3.8) is 0 Å². The lowest BCUT2D eigenvalue weighted by Gasteiger charge is -2.32. The summed E-state index contributed by atoms with van der Waals surface area (Å²) in [5.41, 5.74) is 6.34. The van der Waals surface area contributed by atoms with Crippen molar-refractivity contribution >= 4 is 0 Å². The highest BCUT2D eigenvalue weighted by atomic mass is 14.3. The molecule has 0 aromatic heterocycles. The first-order valence-electron chi connectivity index (χ1n) is 8.03. The van der Waals surface area contributed by atoms with Crippen molar-refractivity contribution < 1.29 is 0 Å². The molecule has 0 aromatic rings. The van der Waals surface area contributed by atoms with Crippen LogP contribution in [0.4, 0.5) is 0 Å². The van der Waals surface area contributed by atoms with Crippen LogP contribution in [0.2, 0.25) is 0 Å². The molecule has 0 saturated carbocycles. The van der Waals surface area contributed by atoms with Gasteiger partial charge in [0, 0.05) is 0 Å². The first-order chi connectivity index (χ1) is 9.36. The summed E-state index contributed by atoms with van der Waals surface area (Å²) in [6.45, 7) is 13.6. The maximum atomic E-state index is 2.38. The molecule has 1 rings (SSSR count). The van der Waals surface area contributed by atoms with Crippen molar-refractivity contribution in [3.8, 4) is 0 Å². The Morgan fingerprint density at radius 3 is 2.55 bits per heavy atom. The van der Waals surface area contributed by atoms with Crippen LogP contribution in [0.5, 0.6) is 0 Å². The molecule has 0 spiro atoms. The highest BCUT2D eigenvalue weighted by molar-refractivity contribution is 5.35. The van der Waals surface area contributed by atoms with Gasteiger partial charge in [-0.3, -0.25) is 0 Å². The zero-order valence-electron chi connectivity index (χ0n) is 14.3. The van der Waals surface area contributed by atoms with Gasteiger partial charge in [0.1, 0.15) is 0 Å². The molecule has 0 nitrogen and oxygen atoms in total. The molecule has 0 amide bonds. The third-order valence-electron chi connectivity index (χ3n) is 4.55. The first-order valence-corrected chi connectivity index (χ1v) is 8.03. The summed E-state index contributed by atoms with van der Waals surface area (Å²) in [7, 11) is 0. The Morgan fingerprint density at radius 2 is 1.95 bits per heavy atom. The Bertz CT molecular complexity index is 439. The SMILES string of the molecule is C/C=C(\C)CC/C=C(C)/C=C/C1=C(C)CCCC1(C)C. The lowest BCUT2D eigenvalue weighted by molar-refractivity contribution is 0.377. The molecule has 0 aliphatic heterocycles. The van der Waals surface area contributed by atoms with E-state index in [9.17, 15) is 0 Å². The minimum absolute atomic E-state index is 0.348. The van der Waals surface area contributed by atoms with Crippen molar-refractivity contribution in [1.29, 1.82) is 0 Å². The second-order valence-electron chi connectivity index (χ2n) is 6.89. The highest BCUT2D eigenvalue weighted by Crippen LogP contribution is 2.40. The summed E-state index contributed by atoms with van der Waals surface area (Å²) in [5, 5.41) is 0. The maximum absolute atomic E-state index is 2.38. The Hall–Kier alpha value is -1.04. The van der Waals surface area contributed by atoms with Crippen LogP contribution < -0.4 is 0 Å². The number of hydrogen-bond donors (Lipinski definition) is 0. The van der Waals surface area contributed by atoms with Gasteiger partial charge in [-0.1, -0.05) is 54.9 Å². The fraction of sp³-hybridized carbons (Fsp3) is 0.600. The predicted octanol–water partition coefficient (Wildman–Crippen LogP) is 6.76. The molecule has 0 aromatic carbocycles. The number of hydrogen-bond acceptors (Lipinski definition) is 0. The van der Waals surface area contributed by atoms with Gasteiger partial charge in [-0.05, 0) is 70.8 Å². The van der Waals surface area contributed by atoms with Crippen molar-refractivity contribution in [2.45, 2.75) is 73.6 Å². The summed E-state index contributed by atoms with van der Waals surface area (Å²) < 4.78 is 0. The molecular weight excluding hydrogens is 240 g/mol. The highest BCUT2D eigenvalue weighted by Gasteiger charge is 2.26. The molecule has 112 valence electrons. The normalized spacial score (nSPS) is 20.9. The largest absolute Gasteiger partial charge is 0.0887 e. The molecule has 0 radical (unpaired) electrons. The van der Waals surface area contributed by atoms with E-state index in [1.54, 1.807) is 11.1 Å². The van der Waals surface area contributed by atoms with E-state index in [0.29, 0.717) is 5.41 Å². The van der Waals surface area contributed by atoms with Crippen LogP contribution in [0.15, 0.2) is 46.6 Å². The molecule has 20 heavy (non-hydrogen) atoms. The molecule has 1 aliphatic carbocycles. The second kappa shape index (κ2) is 7.67. The van der Waals surface area contributed by atoms with E-state index in [2.05, 4.69) is 65.8 Å². The van der Waals surface area contributed by atoms with Crippen molar-refractivity contribution in [2.24, 2.45) is 5.41 Å². The maximum Gasteiger partial charge on any atom is -0.0104 e. The zero-order valence-corrected chi connectivity index (χ0v) is 14.3. The molecule has 1 aliphatic rings. The Morgan fingerprint density at radius 1 is 1.25 bits per heavy atom. The lowest BCUT2D eigenvalue weighted by atomic mass is 9.72. The monoisotopic (exact) mass is 272 g/mol. The van der Waals surface area contributed by atoms with E-state index >= 15 is 0 Å². The summed E-state index contributed by atoms with van der Waals surface area (Å²) in [6.07, 6.45) is 15.5. The molecular formula is C20H32. The third kappa shape index (κ3) is 5.15. The average Bonchev–Trinajstić information content (AvgIpc) is 2.37. The third-order valence-corrected chi connectivity index (χ3v) is 4.55. The summed E-state index contributed by atoms with van der Waals surface area (Å²) in [5.74, 6) is 0.